The molecule has 0 saturated heterocycles. The molecule has 1 atom stereocenters. The van der Waals surface area contributed by atoms with Crippen LogP contribution in [0.5, 0.6) is 0 Å². The van der Waals surface area contributed by atoms with Crippen LogP contribution in [0.2, 0.25) is 0 Å². The molecule has 0 fully saturated rings. The third kappa shape index (κ3) is 1.06. The molecule has 0 bridgehead atoms. The SMILES string of the molecule is CN1c2ccccc2C(C)(C)C1(C)I. The standard InChI is InChI=1S/C12H16IN/c1-11(2)9-7-5-6-8-10(9)14(4)12(11,3)13/h5-8H,1-4H3. The van der Waals surface area contributed by atoms with E-state index in [4.69, 9.17) is 0 Å². The van der Waals surface area contributed by atoms with Crippen molar-refractivity contribution in [2.75, 3.05) is 11.9 Å². The molecule has 0 radical (unpaired) electrons. The number of benzene rings is 1. The molecule has 0 aliphatic carbocycles. The molecule has 1 aliphatic heterocycles. The van der Waals surface area contributed by atoms with E-state index < -0.39 is 0 Å². The van der Waals surface area contributed by atoms with Crippen LogP contribution in [-0.2, 0) is 5.41 Å². The Labute approximate surface area is 99.6 Å². The first-order valence-electron chi connectivity index (χ1n) is 4.91. The molecule has 0 aromatic heterocycles. The van der Waals surface area contributed by atoms with Crippen LogP contribution < -0.4 is 4.90 Å². The molecule has 0 amide bonds. The Morgan fingerprint density at radius 2 is 1.71 bits per heavy atom. The fourth-order valence-electron chi connectivity index (χ4n) is 2.19. The summed E-state index contributed by atoms with van der Waals surface area (Å²) in [5.41, 5.74) is 3.03. The number of rotatable bonds is 0. The molecular weight excluding hydrogens is 285 g/mol. The highest BCUT2D eigenvalue weighted by Crippen LogP contribution is 2.53. The summed E-state index contributed by atoms with van der Waals surface area (Å²) in [4.78, 5) is 2.38. The van der Waals surface area contributed by atoms with E-state index in [1.165, 1.54) is 11.3 Å². The van der Waals surface area contributed by atoms with Gasteiger partial charge in [-0.3, -0.25) is 0 Å². The summed E-state index contributed by atoms with van der Waals surface area (Å²) in [6.07, 6.45) is 0. The highest BCUT2D eigenvalue weighted by Gasteiger charge is 2.50. The van der Waals surface area contributed by atoms with Gasteiger partial charge in [0.25, 0.3) is 0 Å². The fourth-order valence-corrected chi connectivity index (χ4v) is 2.74. The van der Waals surface area contributed by atoms with Gasteiger partial charge in [0, 0.05) is 18.2 Å². The summed E-state index contributed by atoms with van der Waals surface area (Å²) in [7, 11) is 2.18. The molecule has 2 heteroatoms. The lowest BCUT2D eigenvalue weighted by molar-refractivity contribution is 0.436. The Kier molecular flexibility index (Phi) is 2.11. The number of fused-ring (bicyclic) bond motifs is 1. The van der Waals surface area contributed by atoms with E-state index in [0.717, 1.165) is 0 Å². The van der Waals surface area contributed by atoms with Gasteiger partial charge in [0.2, 0.25) is 0 Å². The maximum Gasteiger partial charge on any atom is 0.0977 e. The summed E-state index contributed by atoms with van der Waals surface area (Å²) >= 11 is 2.56. The van der Waals surface area contributed by atoms with Gasteiger partial charge >= 0.3 is 0 Å². The Hall–Kier alpha value is -0.250. The van der Waals surface area contributed by atoms with Gasteiger partial charge in [-0.15, -0.1) is 0 Å². The third-order valence-electron chi connectivity index (χ3n) is 3.71. The van der Waals surface area contributed by atoms with Gasteiger partial charge in [-0.25, -0.2) is 0 Å². The zero-order valence-corrected chi connectivity index (χ0v) is 11.3. The van der Waals surface area contributed by atoms with Crippen molar-refractivity contribution in [3.63, 3.8) is 0 Å². The lowest BCUT2D eigenvalue weighted by Gasteiger charge is -2.38. The van der Waals surface area contributed by atoms with E-state index in [9.17, 15) is 0 Å². The third-order valence-corrected chi connectivity index (χ3v) is 5.78. The number of nitrogens with zero attached hydrogens (tertiary/aromatic N) is 1. The minimum Gasteiger partial charge on any atom is -0.359 e. The van der Waals surface area contributed by atoms with Crippen LogP contribution in [0, 0.1) is 0 Å². The van der Waals surface area contributed by atoms with Gasteiger partial charge < -0.3 is 4.90 Å². The minimum atomic E-state index is 0.161. The maximum absolute atomic E-state index is 2.56. The van der Waals surface area contributed by atoms with Crippen molar-refractivity contribution in [1.82, 2.24) is 0 Å². The second kappa shape index (κ2) is 2.87. The van der Waals surface area contributed by atoms with E-state index >= 15 is 0 Å². The summed E-state index contributed by atoms with van der Waals surface area (Å²) < 4.78 is 0.161. The van der Waals surface area contributed by atoms with E-state index in [-0.39, 0.29) is 8.96 Å². The van der Waals surface area contributed by atoms with Gasteiger partial charge in [0.15, 0.2) is 0 Å². The molecule has 1 unspecified atom stereocenters. The van der Waals surface area contributed by atoms with Crippen molar-refractivity contribution in [3.8, 4) is 0 Å². The summed E-state index contributed by atoms with van der Waals surface area (Å²) in [5, 5.41) is 0. The molecule has 14 heavy (non-hydrogen) atoms. The van der Waals surface area contributed by atoms with E-state index in [1.807, 2.05) is 0 Å². The average molecular weight is 301 g/mol. The first kappa shape index (κ1) is 10.3. The number of hydrogen-bond acceptors (Lipinski definition) is 1. The first-order valence-corrected chi connectivity index (χ1v) is 5.99. The number of para-hydroxylation sites is 1. The number of anilines is 1. The molecule has 0 N–H and O–H groups in total. The monoisotopic (exact) mass is 301 g/mol. The Bertz CT molecular complexity index is 368. The maximum atomic E-state index is 2.56. The van der Waals surface area contributed by atoms with E-state index in [2.05, 4.69) is 79.6 Å². The summed E-state index contributed by atoms with van der Waals surface area (Å²) in [6, 6.07) is 8.70. The highest BCUT2D eigenvalue weighted by molar-refractivity contribution is 14.1. The lowest BCUT2D eigenvalue weighted by atomic mass is 9.81. The average Bonchev–Trinajstić information content (AvgIpc) is 2.27. The second-order valence-electron chi connectivity index (χ2n) is 4.65. The molecule has 1 aliphatic rings. The van der Waals surface area contributed by atoms with Crippen molar-refractivity contribution >= 4 is 28.3 Å². The van der Waals surface area contributed by atoms with Crippen LogP contribution in [0.4, 0.5) is 5.69 Å². The topological polar surface area (TPSA) is 3.24 Å². The lowest BCUT2D eigenvalue weighted by Crippen LogP contribution is -2.46. The van der Waals surface area contributed by atoms with Crippen LogP contribution in [0.25, 0.3) is 0 Å². The summed E-state index contributed by atoms with van der Waals surface area (Å²) in [5.74, 6) is 0. The van der Waals surface area contributed by atoms with E-state index in [1.54, 1.807) is 0 Å². The molecule has 1 nitrogen and oxygen atoms in total. The van der Waals surface area contributed by atoms with Crippen LogP contribution in [0.1, 0.15) is 26.3 Å². The van der Waals surface area contributed by atoms with Crippen LogP contribution >= 0.6 is 22.6 Å². The largest absolute Gasteiger partial charge is 0.359 e. The van der Waals surface area contributed by atoms with E-state index in [0.29, 0.717) is 0 Å². The van der Waals surface area contributed by atoms with Crippen LogP contribution in [0.3, 0.4) is 0 Å². The Morgan fingerprint density at radius 3 is 2.29 bits per heavy atom. The molecule has 76 valence electrons. The van der Waals surface area contributed by atoms with Crippen LogP contribution in [0.15, 0.2) is 24.3 Å². The van der Waals surface area contributed by atoms with Gasteiger partial charge in [-0.05, 0) is 18.6 Å². The molecule has 0 saturated carbocycles. The quantitative estimate of drug-likeness (QED) is 0.402. The van der Waals surface area contributed by atoms with Crippen molar-refractivity contribution in [1.29, 1.82) is 0 Å². The van der Waals surface area contributed by atoms with Crippen molar-refractivity contribution in [3.05, 3.63) is 29.8 Å². The number of halogens is 1. The number of alkyl halides is 1. The molecule has 1 heterocycles. The van der Waals surface area contributed by atoms with Crippen molar-refractivity contribution in [2.45, 2.75) is 29.7 Å². The van der Waals surface area contributed by atoms with Crippen LogP contribution in [-0.4, -0.2) is 10.6 Å². The van der Waals surface area contributed by atoms with Gasteiger partial charge in [0.1, 0.15) is 0 Å². The molecule has 2 rings (SSSR count). The highest BCUT2D eigenvalue weighted by atomic mass is 127. The van der Waals surface area contributed by atoms with Gasteiger partial charge in [-0.1, -0.05) is 54.6 Å². The molecule has 1 aromatic rings. The first-order chi connectivity index (χ1) is 6.39. The summed E-state index contributed by atoms with van der Waals surface area (Å²) in [6.45, 7) is 6.94. The van der Waals surface area contributed by atoms with Crippen molar-refractivity contribution < 1.29 is 0 Å². The van der Waals surface area contributed by atoms with Gasteiger partial charge in [-0.2, -0.15) is 0 Å². The normalized spacial score (nSPS) is 29.1. The molecule has 1 aromatic carbocycles. The number of likely N-dealkylation sites (N-methyl/N-ethyl adjacent to an activating group) is 1. The van der Waals surface area contributed by atoms with Crippen molar-refractivity contribution in [2.24, 2.45) is 0 Å². The zero-order valence-electron chi connectivity index (χ0n) is 9.13. The fraction of sp³-hybridized carbons (Fsp3) is 0.500. The Morgan fingerprint density at radius 1 is 1.14 bits per heavy atom. The second-order valence-corrected chi connectivity index (χ2v) is 6.76. The predicted octanol–water partition coefficient (Wildman–Crippen LogP) is 3.57. The predicted molar refractivity (Wildman–Crippen MR) is 70.3 cm³/mol. The minimum absolute atomic E-state index is 0.161. The zero-order chi connectivity index (χ0) is 10.6. The Balaban J connectivity index is 2.68. The van der Waals surface area contributed by atoms with Gasteiger partial charge in [0.05, 0.1) is 3.55 Å². The number of hydrogen-bond donors (Lipinski definition) is 0. The smallest absolute Gasteiger partial charge is 0.0977 e. The molecular formula is C12H16IN. The molecule has 0 spiro atoms.